The van der Waals surface area contributed by atoms with Gasteiger partial charge in [-0.2, -0.15) is 0 Å². The summed E-state index contributed by atoms with van der Waals surface area (Å²) in [6.45, 7) is 1.82. The van der Waals surface area contributed by atoms with Crippen LogP contribution in [0.2, 0.25) is 0 Å². The van der Waals surface area contributed by atoms with Gasteiger partial charge in [-0.1, -0.05) is 24.3 Å². The van der Waals surface area contributed by atoms with Gasteiger partial charge in [0.25, 0.3) is 0 Å². The Balaban J connectivity index is 1.40. The van der Waals surface area contributed by atoms with Crippen LogP contribution in [0.1, 0.15) is 6.42 Å². The monoisotopic (exact) mass is 525 g/mol. The van der Waals surface area contributed by atoms with Crippen LogP contribution in [0.15, 0.2) is 85.2 Å². The topological polar surface area (TPSA) is 97.8 Å². The van der Waals surface area contributed by atoms with Gasteiger partial charge >= 0.3 is 0 Å². The fourth-order valence-electron chi connectivity index (χ4n) is 4.08. The second-order valence-electron chi connectivity index (χ2n) is 9.41. The number of para-hydroxylation sites is 1. The molecule has 4 aromatic rings. The maximum absolute atomic E-state index is 12.7. The quantitative estimate of drug-likeness (QED) is 0.266. The second-order valence-corrected chi connectivity index (χ2v) is 9.41. The minimum absolute atomic E-state index is 0.0848. The molecule has 1 aliphatic rings. The van der Waals surface area contributed by atoms with Crippen molar-refractivity contribution < 1.29 is 19.0 Å². The molecule has 0 spiro atoms. The minimum atomic E-state index is -0.246. The molecule has 39 heavy (non-hydrogen) atoms. The normalized spacial score (nSPS) is 15.1. The summed E-state index contributed by atoms with van der Waals surface area (Å²) in [4.78, 5) is 23.6. The smallest absolute Gasteiger partial charge is 0.248 e. The molecule has 1 aliphatic heterocycles. The highest BCUT2D eigenvalue weighted by Gasteiger charge is 2.20. The minimum Gasteiger partial charge on any atom is -0.486 e. The predicted octanol–water partition coefficient (Wildman–Crippen LogP) is 5.39. The summed E-state index contributed by atoms with van der Waals surface area (Å²) in [5, 5.41) is 7.06. The zero-order valence-corrected chi connectivity index (χ0v) is 22.0. The lowest BCUT2D eigenvalue weighted by atomic mass is 10.1. The van der Waals surface area contributed by atoms with E-state index in [1.807, 2.05) is 91.8 Å². The van der Waals surface area contributed by atoms with Gasteiger partial charge in [0.15, 0.2) is 0 Å². The van der Waals surface area contributed by atoms with Crippen molar-refractivity contribution in [3.63, 3.8) is 0 Å². The molecule has 0 saturated carbocycles. The fourth-order valence-corrected chi connectivity index (χ4v) is 4.08. The van der Waals surface area contributed by atoms with Gasteiger partial charge in [-0.3, -0.25) is 4.79 Å². The SMILES string of the molecule is CN(C)C/C=C/C(=O)Nc1cc2c(Nc3ccc(Oc4ccccc4)cc3)ncnc2cc1O[C@H]1CCOC1. The number of likely N-dealkylation sites (N-methyl/N-ethyl adjacent to an activating group) is 1. The third-order valence-electron chi connectivity index (χ3n) is 6.01. The van der Waals surface area contributed by atoms with Crippen molar-refractivity contribution in [2.24, 2.45) is 0 Å². The molecule has 1 amide bonds. The number of fused-ring (bicyclic) bond motifs is 1. The Morgan fingerprint density at radius 3 is 2.62 bits per heavy atom. The van der Waals surface area contributed by atoms with Crippen LogP contribution in [0.3, 0.4) is 0 Å². The molecule has 2 N–H and O–H groups in total. The number of anilines is 3. The second kappa shape index (κ2) is 12.4. The van der Waals surface area contributed by atoms with Crippen LogP contribution in [-0.4, -0.2) is 60.7 Å². The number of hydrogen-bond acceptors (Lipinski definition) is 8. The van der Waals surface area contributed by atoms with E-state index in [0.29, 0.717) is 42.5 Å². The van der Waals surface area contributed by atoms with Crippen molar-refractivity contribution >= 4 is 34.0 Å². The summed E-state index contributed by atoms with van der Waals surface area (Å²) in [7, 11) is 3.89. The average molecular weight is 526 g/mol. The number of nitrogens with zero attached hydrogens (tertiary/aromatic N) is 3. The van der Waals surface area contributed by atoms with E-state index in [9.17, 15) is 4.79 Å². The number of carbonyl (C=O) groups is 1. The van der Waals surface area contributed by atoms with Gasteiger partial charge in [-0.15, -0.1) is 0 Å². The molecule has 0 bridgehead atoms. The Morgan fingerprint density at radius 1 is 1.08 bits per heavy atom. The van der Waals surface area contributed by atoms with E-state index in [-0.39, 0.29) is 12.0 Å². The molecule has 0 radical (unpaired) electrons. The first-order chi connectivity index (χ1) is 19.0. The lowest BCUT2D eigenvalue weighted by molar-refractivity contribution is -0.111. The van der Waals surface area contributed by atoms with Gasteiger partial charge in [0, 0.05) is 36.2 Å². The number of nitrogens with one attached hydrogen (secondary N) is 2. The zero-order chi connectivity index (χ0) is 27.0. The van der Waals surface area contributed by atoms with E-state index in [1.54, 1.807) is 0 Å². The lowest BCUT2D eigenvalue weighted by Gasteiger charge is -2.17. The molecule has 1 aromatic heterocycles. The molecule has 1 saturated heterocycles. The molecule has 1 fully saturated rings. The highest BCUT2D eigenvalue weighted by Crippen LogP contribution is 2.35. The summed E-state index contributed by atoms with van der Waals surface area (Å²) in [6.07, 6.45) is 5.53. The van der Waals surface area contributed by atoms with E-state index in [2.05, 4.69) is 20.6 Å². The number of aromatic nitrogens is 2. The highest BCUT2D eigenvalue weighted by molar-refractivity contribution is 6.03. The number of ether oxygens (including phenoxy) is 3. The van der Waals surface area contributed by atoms with Gasteiger partial charge in [-0.05, 0) is 56.6 Å². The van der Waals surface area contributed by atoms with Crippen molar-refractivity contribution in [2.45, 2.75) is 12.5 Å². The fraction of sp³-hybridized carbons (Fsp3) is 0.233. The molecular formula is C30H31N5O4. The first-order valence-electron chi connectivity index (χ1n) is 12.8. The Bertz CT molecular complexity index is 1440. The first-order valence-corrected chi connectivity index (χ1v) is 12.8. The van der Waals surface area contributed by atoms with Gasteiger partial charge in [0.05, 0.1) is 24.4 Å². The summed E-state index contributed by atoms with van der Waals surface area (Å²) < 4.78 is 17.6. The van der Waals surface area contributed by atoms with Crippen LogP contribution in [0.4, 0.5) is 17.2 Å². The van der Waals surface area contributed by atoms with E-state index >= 15 is 0 Å². The summed E-state index contributed by atoms with van der Waals surface area (Å²) in [6, 6.07) is 20.9. The zero-order valence-electron chi connectivity index (χ0n) is 22.0. The standard InChI is InChI=1S/C30H31N5O4/c1-35(2)15-6-9-29(36)34-27-17-25-26(18-28(27)39-24-14-16-37-19-24)31-20-32-30(25)33-21-10-12-23(13-11-21)38-22-7-4-3-5-8-22/h3-13,17-18,20,24H,14-16,19H2,1-2H3,(H,34,36)(H,31,32,33)/b9-6+/t24-/m0/s1. The molecule has 9 heteroatoms. The number of carbonyl (C=O) groups excluding carboxylic acids is 1. The Kier molecular flexibility index (Phi) is 8.30. The summed E-state index contributed by atoms with van der Waals surface area (Å²) in [5.74, 6) is 2.40. The van der Waals surface area contributed by atoms with Crippen molar-refractivity contribution in [2.75, 3.05) is 44.5 Å². The number of rotatable bonds is 10. The molecule has 1 atom stereocenters. The van der Waals surface area contributed by atoms with Gasteiger partial charge in [-0.25, -0.2) is 9.97 Å². The Labute approximate surface area is 227 Å². The summed E-state index contributed by atoms with van der Waals surface area (Å²) >= 11 is 0. The van der Waals surface area contributed by atoms with Crippen LogP contribution < -0.4 is 20.1 Å². The van der Waals surface area contributed by atoms with Gasteiger partial charge < -0.3 is 29.7 Å². The maximum Gasteiger partial charge on any atom is 0.248 e. The van der Waals surface area contributed by atoms with Crippen LogP contribution in [-0.2, 0) is 9.53 Å². The molecule has 200 valence electrons. The average Bonchev–Trinajstić information content (AvgIpc) is 3.44. The molecule has 9 nitrogen and oxygen atoms in total. The van der Waals surface area contributed by atoms with Gasteiger partial charge in [0.1, 0.15) is 35.5 Å². The molecule has 0 unspecified atom stereocenters. The van der Waals surface area contributed by atoms with Crippen molar-refractivity contribution in [1.29, 1.82) is 0 Å². The van der Waals surface area contributed by atoms with Crippen LogP contribution >= 0.6 is 0 Å². The van der Waals surface area contributed by atoms with Crippen molar-refractivity contribution in [3.8, 4) is 17.2 Å². The van der Waals surface area contributed by atoms with E-state index in [4.69, 9.17) is 14.2 Å². The van der Waals surface area contributed by atoms with Crippen LogP contribution in [0, 0.1) is 0 Å². The molecule has 3 aromatic carbocycles. The van der Waals surface area contributed by atoms with E-state index in [1.165, 1.54) is 12.4 Å². The molecule has 0 aliphatic carbocycles. The third kappa shape index (κ3) is 7.10. The Hall–Kier alpha value is -4.47. The lowest BCUT2D eigenvalue weighted by Crippen LogP contribution is -2.18. The summed E-state index contributed by atoms with van der Waals surface area (Å²) in [5.41, 5.74) is 2.06. The molecular weight excluding hydrogens is 494 g/mol. The number of benzene rings is 3. The van der Waals surface area contributed by atoms with Crippen molar-refractivity contribution in [1.82, 2.24) is 14.9 Å². The molecule has 5 rings (SSSR count). The largest absolute Gasteiger partial charge is 0.486 e. The molecule has 2 heterocycles. The Morgan fingerprint density at radius 2 is 1.87 bits per heavy atom. The van der Waals surface area contributed by atoms with E-state index in [0.717, 1.165) is 29.0 Å². The van der Waals surface area contributed by atoms with Crippen LogP contribution in [0.25, 0.3) is 10.9 Å². The van der Waals surface area contributed by atoms with Crippen LogP contribution in [0.5, 0.6) is 17.2 Å². The predicted molar refractivity (Wildman–Crippen MR) is 152 cm³/mol. The van der Waals surface area contributed by atoms with Gasteiger partial charge in [0.2, 0.25) is 5.91 Å². The number of amides is 1. The highest BCUT2D eigenvalue weighted by atomic mass is 16.5. The van der Waals surface area contributed by atoms with E-state index < -0.39 is 0 Å². The number of hydrogen-bond donors (Lipinski definition) is 2. The maximum atomic E-state index is 12.7. The van der Waals surface area contributed by atoms with Crippen molar-refractivity contribution in [3.05, 3.63) is 85.2 Å². The first kappa shape index (κ1) is 26.1. The third-order valence-corrected chi connectivity index (χ3v) is 6.01.